The van der Waals surface area contributed by atoms with E-state index < -0.39 is 0 Å². The van der Waals surface area contributed by atoms with E-state index in [-0.39, 0.29) is 18.7 Å². The van der Waals surface area contributed by atoms with Gasteiger partial charge in [-0.2, -0.15) is 0 Å². The van der Waals surface area contributed by atoms with Gasteiger partial charge in [0.2, 0.25) is 12.7 Å². The van der Waals surface area contributed by atoms with Gasteiger partial charge in [-0.15, -0.1) is 10.2 Å². The summed E-state index contributed by atoms with van der Waals surface area (Å²) in [6, 6.07) is 13.6. The van der Waals surface area contributed by atoms with Crippen molar-refractivity contribution >= 4 is 17.5 Å². The van der Waals surface area contributed by atoms with Gasteiger partial charge in [-0.25, -0.2) is 0 Å². The van der Waals surface area contributed by atoms with Crippen molar-refractivity contribution in [3.63, 3.8) is 0 Å². The summed E-state index contributed by atoms with van der Waals surface area (Å²) in [6.07, 6.45) is 1.94. The van der Waals surface area contributed by atoms with Crippen molar-refractivity contribution in [1.29, 1.82) is 0 Å². The predicted molar refractivity (Wildman–Crippen MR) is 128 cm³/mol. The van der Waals surface area contributed by atoms with E-state index >= 15 is 0 Å². The highest BCUT2D eigenvalue weighted by atomic mass is 35.5. The Morgan fingerprint density at radius 2 is 1.91 bits per heavy atom. The molecule has 1 atom stereocenters. The lowest BCUT2D eigenvalue weighted by atomic mass is 10.1. The van der Waals surface area contributed by atoms with Gasteiger partial charge in [0.05, 0.1) is 6.04 Å². The number of amides is 1. The van der Waals surface area contributed by atoms with E-state index in [4.69, 9.17) is 21.1 Å². The molecule has 1 amide bonds. The van der Waals surface area contributed by atoms with Crippen molar-refractivity contribution in [1.82, 2.24) is 25.0 Å². The van der Waals surface area contributed by atoms with Crippen LogP contribution >= 0.6 is 11.6 Å². The largest absolute Gasteiger partial charge is 0.454 e. The molecular formula is C25H28ClN5O3. The zero-order chi connectivity index (χ0) is 23.5. The first-order valence-electron chi connectivity index (χ1n) is 11.6. The summed E-state index contributed by atoms with van der Waals surface area (Å²) >= 11 is 6.49. The van der Waals surface area contributed by atoms with Gasteiger partial charge in [-0.3, -0.25) is 9.69 Å². The molecule has 0 fully saturated rings. The van der Waals surface area contributed by atoms with Crippen LogP contribution in [0.2, 0.25) is 5.02 Å². The molecule has 3 heterocycles. The zero-order valence-corrected chi connectivity index (χ0v) is 19.9. The summed E-state index contributed by atoms with van der Waals surface area (Å²) in [7, 11) is 0. The zero-order valence-electron chi connectivity index (χ0n) is 19.2. The van der Waals surface area contributed by atoms with Crippen molar-refractivity contribution in [2.24, 2.45) is 0 Å². The van der Waals surface area contributed by atoms with E-state index in [2.05, 4.69) is 25.0 Å². The molecule has 0 bridgehead atoms. The van der Waals surface area contributed by atoms with Crippen LogP contribution < -0.4 is 14.8 Å². The number of benzene rings is 2. The minimum absolute atomic E-state index is 0.0152. The predicted octanol–water partition coefficient (Wildman–Crippen LogP) is 3.53. The van der Waals surface area contributed by atoms with E-state index in [0.29, 0.717) is 23.6 Å². The molecule has 9 heteroatoms. The topological polar surface area (TPSA) is 81.5 Å². The number of ether oxygens (including phenoxy) is 2. The molecule has 2 aliphatic rings. The van der Waals surface area contributed by atoms with Gasteiger partial charge in [0.25, 0.3) is 0 Å². The second kappa shape index (κ2) is 10.0. The Morgan fingerprint density at radius 1 is 1.12 bits per heavy atom. The maximum absolute atomic E-state index is 12.5. The van der Waals surface area contributed by atoms with Crippen molar-refractivity contribution < 1.29 is 14.3 Å². The summed E-state index contributed by atoms with van der Waals surface area (Å²) in [5.41, 5.74) is 2.17. The molecule has 0 saturated carbocycles. The van der Waals surface area contributed by atoms with E-state index in [9.17, 15) is 4.79 Å². The van der Waals surface area contributed by atoms with E-state index in [1.807, 2.05) is 49.4 Å². The number of halogens is 1. The van der Waals surface area contributed by atoms with Crippen LogP contribution in [0.25, 0.3) is 0 Å². The molecule has 34 heavy (non-hydrogen) atoms. The van der Waals surface area contributed by atoms with Crippen LogP contribution in [0.4, 0.5) is 0 Å². The number of nitrogens with one attached hydrogen (secondary N) is 1. The van der Waals surface area contributed by atoms with E-state index in [1.165, 1.54) is 0 Å². The molecule has 2 aromatic carbocycles. The monoisotopic (exact) mass is 481 g/mol. The third-order valence-corrected chi connectivity index (χ3v) is 6.68. The van der Waals surface area contributed by atoms with Gasteiger partial charge in [0.15, 0.2) is 17.3 Å². The highest BCUT2D eigenvalue weighted by Gasteiger charge is 2.24. The van der Waals surface area contributed by atoms with Crippen LogP contribution in [-0.2, 0) is 30.7 Å². The third kappa shape index (κ3) is 5.03. The van der Waals surface area contributed by atoms with Crippen LogP contribution in [0, 0.1) is 0 Å². The number of hydrogen-bond acceptors (Lipinski definition) is 6. The minimum atomic E-state index is -0.209. The van der Waals surface area contributed by atoms with E-state index in [1.54, 1.807) is 0 Å². The first-order valence-corrected chi connectivity index (χ1v) is 12.0. The fraction of sp³-hybridized carbons (Fsp3) is 0.400. The number of fused-ring (bicyclic) bond motifs is 2. The Kier molecular flexibility index (Phi) is 6.69. The molecule has 0 saturated heterocycles. The number of nitrogens with zero attached hydrogens (tertiary/aromatic N) is 4. The summed E-state index contributed by atoms with van der Waals surface area (Å²) in [4.78, 5) is 14.9. The number of carbonyl (C=O) groups excluding carboxylic acids is 1. The molecule has 1 aromatic heterocycles. The lowest BCUT2D eigenvalue weighted by molar-refractivity contribution is -0.121. The maximum atomic E-state index is 12.5. The van der Waals surface area contributed by atoms with Crippen molar-refractivity contribution in [3.05, 3.63) is 70.3 Å². The van der Waals surface area contributed by atoms with Crippen molar-refractivity contribution in [2.45, 2.75) is 45.3 Å². The number of carbonyl (C=O) groups is 1. The van der Waals surface area contributed by atoms with Gasteiger partial charge >= 0.3 is 0 Å². The van der Waals surface area contributed by atoms with Crippen LogP contribution in [0.3, 0.4) is 0 Å². The van der Waals surface area contributed by atoms with Crippen LogP contribution in [-0.4, -0.2) is 45.5 Å². The molecule has 0 aliphatic carbocycles. The number of aryl methyl sites for hydroxylation is 1. The molecule has 0 radical (unpaired) electrons. The highest BCUT2D eigenvalue weighted by molar-refractivity contribution is 6.31. The molecule has 0 spiro atoms. The van der Waals surface area contributed by atoms with Gasteiger partial charge in [-0.1, -0.05) is 41.9 Å². The fourth-order valence-corrected chi connectivity index (χ4v) is 4.68. The summed E-state index contributed by atoms with van der Waals surface area (Å²) in [5.74, 6) is 3.19. The van der Waals surface area contributed by atoms with E-state index in [0.717, 1.165) is 61.1 Å². The highest BCUT2D eigenvalue weighted by Crippen LogP contribution is 2.37. The Bertz CT molecular complexity index is 1170. The molecule has 1 N–H and O–H groups in total. The second-order valence-electron chi connectivity index (χ2n) is 8.72. The maximum Gasteiger partial charge on any atom is 0.231 e. The molecule has 0 unspecified atom stereocenters. The second-order valence-corrected chi connectivity index (χ2v) is 9.13. The van der Waals surface area contributed by atoms with Crippen molar-refractivity contribution in [2.75, 3.05) is 19.9 Å². The minimum Gasteiger partial charge on any atom is -0.454 e. The number of hydrogen-bond donors (Lipinski definition) is 1. The number of aromatic nitrogens is 3. The normalized spacial score (nSPS) is 16.1. The fourth-order valence-electron chi connectivity index (χ4n) is 4.47. The Labute approximate surface area is 203 Å². The summed E-state index contributed by atoms with van der Waals surface area (Å²) in [5, 5.41) is 12.6. The lowest BCUT2D eigenvalue weighted by Gasteiger charge is -2.21. The summed E-state index contributed by atoms with van der Waals surface area (Å²) < 4.78 is 13.1. The number of rotatable bonds is 7. The van der Waals surface area contributed by atoms with Gasteiger partial charge < -0.3 is 19.4 Å². The van der Waals surface area contributed by atoms with Gasteiger partial charge in [0, 0.05) is 50.1 Å². The van der Waals surface area contributed by atoms with Crippen LogP contribution in [0.15, 0.2) is 42.5 Å². The molecule has 5 rings (SSSR count). The molecule has 2 aliphatic heterocycles. The van der Waals surface area contributed by atoms with Gasteiger partial charge in [-0.05, 0) is 30.5 Å². The van der Waals surface area contributed by atoms with Crippen molar-refractivity contribution in [3.8, 4) is 11.5 Å². The third-order valence-electron chi connectivity index (χ3n) is 6.33. The molecule has 8 nitrogen and oxygen atoms in total. The SMILES string of the molecule is C[C@@H](NC(=O)CCc1ccccc1)c1nnc2n1CCN(Cc1cc3c(cc1Cl)OCO3)CC2. The molecule has 178 valence electrons. The Hall–Kier alpha value is -3.10. The van der Waals surface area contributed by atoms with Crippen LogP contribution in [0.5, 0.6) is 11.5 Å². The first-order chi connectivity index (χ1) is 16.6. The molecular weight excluding hydrogens is 454 g/mol. The first kappa shape index (κ1) is 22.7. The molecule has 3 aromatic rings. The standard InChI is InChI=1S/C25H28ClN5O3/c1-17(27-24(32)8-7-18-5-3-2-4-6-18)25-29-28-23-9-10-30(11-12-31(23)25)15-19-13-21-22(14-20(19)26)34-16-33-21/h2-6,13-14,17H,7-12,15-16H2,1H3,(H,27,32)/t17-/m1/s1. The van der Waals surface area contributed by atoms with Crippen LogP contribution in [0.1, 0.15) is 42.2 Å². The van der Waals surface area contributed by atoms with Gasteiger partial charge in [0.1, 0.15) is 5.82 Å². The summed E-state index contributed by atoms with van der Waals surface area (Å²) in [6.45, 7) is 5.35. The Morgan fingerprint density at radius 3 is 2.74 bits per heavy atom. The average Bonchev–Trinajstić information content (AvgIpc) is 3.41. The smallest absolute Gasteiger partial charge is 0.231 e. The Balaban J connectivity index is 1.19. The average molecular weight is 482 g/mol. The quantitative estimate of drug-likeness (QED) is 0.556. The lowest BCUT2D eigenvalue weighted by Crippen LogP contribution is -2.30.